The molecule has 4 N–H and O–H groups in total. The number of amides is 2. The van der Waals surface area contributed by atoms with Gasteiger partial charge in [0.05, 0.1) is 23.3 Å². The van der Waals surface area contributed by atoms with Crippen molar-refractivity contribution < 1.29 is 19.1 Å². The van der Waals surface area contributed by atoms with Gasteiger partial charge >= 0.3 is 0 Å². The number of hydrogen-bond acceptors (Lipinski definition) is 3. The van der Waals surface area contributed by atoms with Crippen LogP contribution in [0.3, 0.4) is 0 Å². The Morgan fingerprint density at radius 1 is 1.32 bits per heavy atom. The highest BCUT2D eigenvalue weighted by Crippen LogP contribution is 2.34. The lowest BCUT2D eigenvalue weighted by Gasteiger charge is -2.16. The fourth-order valence-electron chi connectivity index (χ4n) is 4.06. The topological polar surface area (TPSA) is 94.2 Å². The monoisotopic (exact) mass is 383 g/mol. The zero-order valence-corrected chi connectivity index (χ0v) is 15.7. The van der Waals surface area contributed by atoms with E-state index in [2.05, 4.69) is 15.6 Å². The van der Waals surface area contributed by atoms with Gasteiger partial charge in [-0.1, -0.05) is 0 Å². The number of carbonyl (C=O) groups excluding carboxylic acids is 2. The maximum atomic E-state index is 13.6. The molecular weight excluding hydrogens is 361 g/mol. The number of nitrogens with one attached hydrogen (secondary N) is 3. The Morgan fingerprint density at radius 3 is 2.82 bits per heavy atom. The predicted molar refractivity (Wildman–Crippen MR) is 104 cm³/mol. The summed E-state index contributed by atoms with van der Waals surface area (Å²) >= 11 is 0. The number of aryl methyl sites for hydroxylation is 1. The summed E-state index contributed by atoms with van der Waals surface area (Å²) < 4.78 is 13.6. The third kappa shape index (κ3) is 3.11. The van der Waals surface area contributed by atoms with E-state index in [0.29, 0.717) is 45.8 Å². The Hall–Kier alpha value is -2.93. The van der Waals surface area contributed by atoms with Crippen molar-refractivity contribution in [2.45, 2.75) is 45.3 Å². The molecule has 2 aromatic rings. The molecule has 1 aromatic carbocycles. The summed E-state index contributed by atoms with van der Waals surface area (Å²) in [6.45, 7) is 3.59. The van der Waals surface area contributed by atoms with Crippen LogP contribution in [0.1, 0.15) is 52.1 Å². The summed E-state index contributed by atoms with van der Waals surface area (Å²) in [6.07, 6.45) is 3.47. The number of fused-ring (bicyclic) bond motifs is 1. The smallest absolute Gasteiger partial charge is 0.256 e. The van der Waals surface area contributed by atoms with Crippen molar-refractivity contribution in [2.24, 2.45) is 0 Å². The molecular formula is C21H22FN3O3. The predicted octanol–water partition coefficient (Wildman–Crippen LogP) is 2.91. The van der Waals surface area contributed by atoms with Gasteiger partial charge in [-0.3, -0.25) is 9.59 Å². The van der Waals surface area contributed by atoms with Gasteiger partial charge in [0.2, 0.25) is 0 Å². The molecule has 2 aliphatic rings. The average Bonchev–Trinajstić information content (AvgIpc) is 3.26. The summed E-state index contributed by atoms with van der Waals surface area (Å²) in [4.78, 5) is 28.2. The minimum Gasteiger partial charge on any atom is -0.391 e. The highest BCUT2D eigenvalue weighted by molar-refractivity contribution is 6.34. The highest BCUT2D eigenvalue weighted by Gasteiger charge is 2.29. The number of aromatic amines is 1. The number of anilines is 1. The van der Waals surface area contributed by atoms with Crippen molar-refractivity contribution in [1.29, 1.82) is 0 Å². The third-order valence-electron chi connectivity index (χ3n) is 5.55. The highest BCUT2D eigenvalue weighted by atomic mass is 19.1. The van der Waals surface area contributed by atoms with Crippen LogP contribution in [0.25, 0.3) is 11.6 Å². The fourth-order valence-corrected chi connectivity index (χ4v) is 4.06. The van der Waals surface area contributed by atoms with Gasteiger partial charge in [-0.2, -0.15) is 0 Å². The second-order valence-corrected chi connectivity index (χ2v) is 7.44. The number of aromatic nitrogens is 1. The Morgan fingerprint density at radius 2 is 2.11 bits per heavy atom. The molecule has 6 nitrogen and oxygen atoms in total. The van der Waals surface area contributed by atoms with Gasteiger partial charge < -0.3 is 20.7 Å². The van der Waals surface area contributed by atoms with Crippen LogP contribution >= 0.6 is 0 Å². The number of carbonyl (C=O) groups is 2. The van der Waals surface area contributed by atoms with Gasteiger partial charge in [-0.05, 0) is 62.9 Å². The molecule has 0 bridgehead atoms. The molecule has 0 unspecified atom stereocenters. The van der Waals surface area contributed by atoms with Gasteiger partial charge in [0.15, 0.2) is 0 Å². The quantitative estimate of drug-likeness (QED) is 0.614. The van der Waals surface area contributed by atoms with E-state index in [1.54, 1.807) is 19.9 Å². The first kappa shape index (κ1) is 18.4. The van der Waals surface area contributed by atoms with Crippen LogP contribution in [0.15, 0.2) is 18.2 Å². The van der Waals surface area contributed by atoms with E-state index in [9.17, 15) is 19.1 Å². The van der Waals surface area contributed by atoms with Gasteiger partial charge in [0.25, 0.3) is 11.8 Å². The van der Waals surface area contributed by atoms with E-state index in [1.807, 2.05) is 0 Å². The summed E-state index contributed by atoms with van der Waals surface area (Å²) in [6, 6.07) is 3.91. The second kappa shape index (κ2) is 6.91. The standard InChI is InChI=1S/C21H22FN3O3/c1-10-17(9-14-13-8-12(22)6-7-15(13)24-20(14)27)23-11(2)19(10)21(28)25-16-4-3-5-18(16)26/h6-9,16,18,23,26H,3-5H2,1-2H3,(H,24,27)(H,25,28)/t16-,18+/m0/s1. The first-order valence-electron chi connectivity index (χ1n) is 9.36. The van der Waals surface area contributed by atoms with Crippen molar-refractivity contribution in [3.05, 3.63) is 52.1 Å². The zero-order chi connectivity index (χ0) is 20.0. The van der Waals surface area contributed by atoms with Gasteiger partial charge in [0.1, 0.15) is 5.82 Å². The molecule has 1 aliphatic carbocycles. The summed E-state index contributed by atoms with van der Waals surface area (Å²) in [5.74, 6) is -0.979. The molecule has 1 saturated carbocycles. The molecule has 0 saturated heterocycles. The number of H-pyrrole nitrogens is 1. The molecule has 1 fully saturated rings. The van der Waals surface area contributed by atoms with E-state index < -0.39 is 11.9 Å². The lowest BCUT2D eigenvalue weighted by atomic mass is 10.0. The van der Waals surface area contributed by atoms with Crippen LogP contribution < -0.4 is 10.6 Å². The van der Waals surface area contributed by atoms with E-state index in [1.165, 1.54) is 18.2 Å². The summed E-state index contributed by atoms with van der Waals surface area (Å²) in [5.41, 5.74) is 3.90. The number of halogens is 1. The van der Waals surface area contributed by atoms with Crippen molar-refractivity contribution in [1.82, 2.24) is 10.3 Å². The molecule has 28 heavy (non-hydrogen) atoms. The normalized spacial score (nSPS) is 22.4. The fraction of sp³-hybridized carbons (Fsp3) is 0.333. The molecule has 1 aliphatic heterocycles. The van der Waals surface area contributed by atoms with Crippen LogP contribution in [0.2, 0.25) is 0 Å². The number of rotatable bonds is 3. The maximum Gasteiger partial charge on any atom is 0.256 e. The molecule has 2 amide bonds. The van der Waals surface area contributed by atoms with Crippen molar-refractivity contribution in [2.75, 3.05) is 5.32 Å². The van der Waals surface area contributed by atoms with Gasteiger partial charge in [-0.25, -0.2) is 4.39 Å². The van der Waals surface area contributed by atoms with E-state index >= 15 is 0 Å². The van der Waals surface area contributed by atoms with Crippen molar-refractivity contribution in [3.8, 4) is 0 Å². The van der Waals surface area contributed by atoms with Crippen LogP contribution in [-0.2, 0) is 4.79 Å². The van der Waals surface area contributed by atoms with Crippen molar-refractivity contribution in [3.63, 3.8) is 0 Å². The van der Waals surface area contributed by atoms with Crippen LogP contribution in [0.5, 0.6) is 0 Å². The molecule has 0 spiro atoms. The minimum absolute atomic E-state index is 0.238. The van der Waals surface area contributed by atoms with Crippen LogP contribution in [0.4, 0.5) is 10.1 Å². The number of benzene rings is 1. The average molecular weight is 383 g/mol. The molecule has 2 atom stereocenters. The van der Waals surface area contributed by atoms with Gasteiger partial charge in [0, 0.05) is 22.6 Å². The largest absolute Gasteiger partial charge is 0.391 e. The lowest BCUT2D eigenvalue weighted by Crippen LogP contribution is -2.40. The molecule has 7 heteroatoms. The summed E-state index contributed by atoms with van der Waals surface area (Å²) in [7, 11) is 0. The molecule has 0 radical (unpaired) electrons. The maximum absolute atomic E-state index is 13.6. The van der Waals surface area contributed by atoms with Crippen LogP contribution in [-0.4, -0.2) is 34.1 Å². The first-order valence-corrected chi connectivity index (χ1v) is 9.36. The Bertz CT molecular complexity index is 1010. The Labute approximate surface area is 161 Å². The number of aliphatic hydroxyl groups is 1. The van der Waals surface area contributed by atoms with Gasteiger partial charge in [-0.15, -0.1) is 0 Å². The van der Waals surface area contributed by atoms with E-state index in [-0.39, 0.29) is 17.9 Å². The first-order chi connectivity index (χ1) is 13.3. The second-order valence-electron chi connectivity index (χ2n) is 7.44. The SMILES string of the molecule is Cc1[nH]c(C=C2C(=O)Nc3ccc(F)cc32)c(C)c1C(=O)N[C@H]1CCC[C@H]1O. The zero-order valence-electron chi connectivity index (χ0n) is 15.7. The third-order valence-corrected chi connectivity index (χ3v) is 5.55. The van der Waals surface area contributed by atoms with Crippen molar-refractivity contribution >= 4 is 29.2 Å². The number of aliphatic hydroxyl groups excluding tert-OH is 1. The minimum atomic E-state index is -0.515. The lowest BCUT2D eigenvalue weighted by molar-refractivity contribution is -0.110. The summed E-state index contributed by atoms with van der Waals surface area (Å²) in [5, 5.41) is 15.6. The number of hydrogen-bond donors (Lipinski definition) is 4. The Kier molecular flexibility index (Phi) is 4.55. The molecule has 4 rings (SSSR count). The molecule has 146 valence electrons. The Balaban J connectivity index is 1.67. The van der Waals surface area contributed by atoms with Crippen LogP contribution in [0, 0.1) is 19.7 Å². The molecule has 1 aromatic heterocycles. The molecule has 2 heterocycles. The van der Waals surface area contributed by atoms with E-state index in [4.69, 9.17) is 0 Å². The van der Waals surface area contributed by atoms with E-state index in [0.717, 1.165) is 12.8 Å².